The van der Waals surface area contributed by atoms with Gasteiger partial charge in [-0.15, -0.1) is 11.3 Å². The number of fused-ring (bicyclic) bond motifs is 1. The van der Waals surface area contributed by atoms with Crippen molar-refractivity contribution in [1.29, 1.82) is 0 Å². The topological polar surface area (TPSA) is 68.2 Å². The number of carbonyl (C=O) groups excluding carboxylic acids is 1. The maximum atomic E-state index is 12.9. The summed E-state index contributed by atoms with van der Waals surface area (Å²) in [5.41, 5.74) is 1.65. The van der Waals surface area contributed by atoms with Crippen LogP contribution in [-0.2, 0) is 6.54 Å². The molecular formula is C17H13BrN4O2S. The van der Waals surface area contributed by atoms with Crippen LogP contribution in [0.25, 0.3) is 10.7 Å². The van der Waals surface area contributed by atoms with Gasteiger partial charge in [-0.3, -0.25) is 14.8 Å². The van der Waals surface area contributed by atoms with Crippen molar-refractivity contribution < 1.29 is 9.53 Å². The summed E-state index contributed by atoms with van der Waals surface area (Å²) >= 11 is 4.82. The maximum Gasteiger partial charge on any atom is 0.266 e. The van der Waals surface area contributed by atoms with E-state index < -0.39 is 0 Å². The summed E-state index contributed by atoms with van der Waals surface area (Å²) in [4.78, 5) is 27.8. The average molecular weight is 417 g/mol. The van der Waals surface area contributed by atoms with E-state index in [1.54, 1.807) is 29.7 Å². The molecule has 0 fully saturated rings. The molecule has 8 heteroatoms. The number of rotatable bonds is 2. The molecule has 0 aliphatic carbocycles. The fraction of sp³-hybridized carbons (Fsp3) is 0.176. The lowest BCUT2D eigenvalue weighted by molar-refractivity contribution is 0.0738. The third kappa shape index (κ3) is 3.27. The van der Waals surface area contributed by atoms with Gasteiger partial charge in [0.05, 0.1) is 23.4 Å². The Morgan fingerprint density at radius 3 is 3.00 bits per heavy atom. The molecule has 0 N–H and O–H groups in total. The highest BCUT2D eigenvalue weighted by Crippen LogP contribution is 2.32. The van der Waals surface area contributed by atoms with Crippen molar-refractivity contribution in [2.24, 2.45) is 0 Å². The molecule has 0 atom stereocenters. The molecule has 1 aromatic carbocycles. The van der Waals surface area contributed by atoms with Gasteiger partial charge in [0, 0.05) is 24.5 Å². The lowest BCUT2D eigenvalue weighted by atomic mass is 10.2. The second-order valence-electron chi connectivity index (χ2n) is 5.42. The molecule has 0 saturated carbocycles. The highest BCUT2D eigenvalue weighted by atomic mass is 79.9. The molecule has 0 unspecified atom stereocenters. The summed E-state index contributed by atoms with van der Waals surface area (Å²) in [5, 5.41) is 0.686. The van der Waals surface area contributed by atoms with Crippen LogP contribution in [0.3, 0.4) is 0 Å². The second-order valence-corrected chi connectivity index (χ2v) is 7.31. The number of para-hydroxylation sites is 1. The first-order valence-corrected chi connectivity index (χ1v) is 9.25. The van der Waals surface area contributed by atoms with Gasteiger partial charge < -0.3 is 9.64 Å². The van der Waals surface area contributed by atoms with Crippen LogP contribution >= 0.6 is 27.3 Å². The monoisotopic (exact) mass is 416 g/mol. The van der Waals surface area contributed by atoms with Gasteiger partial charge in [-0.05, 0) is 22.0 Å². The number of halogens is 1. The lowest BCUT2D eigenvalue weighted by Crippen LogP contribution is -2.31. The van der Waals surface area contributed by atoms with E-state index in [1.807, 2.05) is 18.2 Å². The minimum absolute atomic E-state index is 0.0518. The fourth-order valence-electron chi connectivity index (χ4n) is 2.61. The van der Waals surface area contributed by atoms with E-state index in [2.05, 4.69) is 30.9 Å². The van der Waals surface area contributed by atoms with Crippen LogP contribution in [0.1, 0.15) is 15.2 Å². The molecular weight excluding hydrogens is 404 g/mol. The molecule has 0 saturated heterocycles. The number of benzene rings is 1. The zero-order valence-electron chi connectivity index (χ0n) is 13.1. The molecule has 0 bridgehead atoms. The van der Waals surface area contributed by atoms with Crippen LogP contribution in [0, 0.1) is 0 Å². The standard InChI is InChI=1S/C17H13BrN4O2S/c18-12-3-1-2-11-10-22(6-7-24-15(11)12)17(23)14-9-21-16(25-14)13-8-19-4-5-20-13/h1-5,8-9H,6-7,10H2. The molecule has 1 amide bonds. The number of hydrogen-bond acceptors (Lipinski definition) is 6. The summed E-state index contributed by atoms with van der Waals surface area (Å²) in [6.45, 7) is 1.49. The van der Waals surface area contributed by atoms with E-state index in [0.717, 1.165) is 15.8 Å². The Morgan fingerprint density at radius 2 is 2.16 bits per heavy atom. The zero-order valence-corrected chi connectivity index (χ0v) is 15.5. The number of ether oxygens (including phenoxy) is 1. The Labute approximate surface area is 156 Å². The Kier molecular flexibility index (Phi) is 4.46. The van der Waals surface area contributed by atoms with E-state index >= 15 is 0 Å². The predicted molar refractivity (Wildman–Crippen MR) is 97.5 cm³/mol. The van der Waals surface area contributed by atoms with Gasteiger partial charge in [0.2, 0.25) is 0 Å². The van der Waals surface area contributed by atoms with Gasteiger partial charge in [-0.2, -0.15) is 0 Å². The van der Waals surface area contributed by atoms with Crippen LogP contribution in [0.2, 0.25) is 0 Å². The van der Waals surface area contributed by atoms with E-state index in [1.165, 1.54) is 11.3 Å². The number of carbonyl (C=O) groups is 1. The Balaban J connectivity index is 1.58. The van der Waals surface area contributed by atoms with Crippen LogP contribution in [0.4, 0.5) is 0 Å². The summed E-state index contributed by atoms with van der Waals surface area (Å²) in [7, 11) is 0. The van der Waals surface area contributed by atoms with Crippen molar-refractivity contribution in [3.8, 4) is 16.5 Å². The van der Waals surface area contributed by atoms with Gasteiger partial charge in [-0.25, -0.2) is 4.98 Å². The summed E-state index contributed by atoms with van der Waals surface area (Å²) in [5.74, 6) is 0.756. The van der Waals surface area contributed by atoms with Gasteiger partial charge in [-0.1, -0.05) is 12.1 Å². The zero-order chi connectivity index (χ0) is 17.2. The number of hydrogen-bond donors (Lipinski definition) is 0. The van der Waals surface area contributed by atoms with Crippen molar-refractivity contribution in [3.05, 3.63) is 57.9 Å². The molecule has 0 radical (unpaired) electrons. The number of nitrogens with zero attached hydrogens (tertiary/aromatic N) is 4. The van der Waals surface area contributed by atoms with Crippen molar-refractivity contribution in [1.82, 2.24) is 19.9 Å². The van der Waals surface area contributed by atoms with Crippen LogP contribution in [-0.4, -0.2) is 38.9 Å². The van der Waals surface area contributed by atoms with Crippen molar-refractivity contribution in [2.75, 3.05) is 13.2 Å². The van der Waals surface area contributed by atoms with Crippen LogP contribution < -0.4 is 4.74 Å². The molecule has 2 aromatic heterocycles. The third-order valence-electron chi connectivity index (χ3n) is 3.80. The Bertz CT molecular complexity index is 916. The first-order valence-electron chi connectivity index (χ1n) is 7.64. The van der Waals surface area contributed by atoms with E-state index in [0.29, 0.717) is 35.3 Å². The summed E-state index contributed by atoms with van der Waals surface area (Å²) < 4.78 is 6.70. The third-order valence-corrected chi connectivity index (χ3v) is 5.44. The molecule has 3 aromatic rings. The smallest absolute Gasteiger partial charge is 0.266 e. The summed E-state index contributed by atoms with van der Waals surface area (Å²) in [6.07, 6.45) is 6.46. The van der Waals surface area contributed by atoms with Crippen molar-refractivity contribution >= 4 is 33.2 Å². The molecule has 25 heavy (non-hydrogen) atoms. The van der Waals surface area contributed by atoms with E-state index in [9.17, 15) is 4.79 Å². The minimum atomic E-state index is -0.0518. The van der Waals surface area contributed by atoms with Gasteiger partial charge in [0.1, 0.15) is 27.9 Å². The number of amides is 1. The van der Waals surface area contributed by atoms with Crippen molar-refractivity contribution in [2.45, 2.75) is 6.54 Å². The highest BCUT2D eigenvalue weighted by molar-refractivity contribution is 9.10. The first-order chi connectivity index (χ1) is 12.2. The molecule has 4 rings (SSSR count). The summed E-state index contributed by atoms with van der Waals surface area (Å²) in [6, 6.07) is 5.86. The SMILES string of the molecule is O=C(c1cnc(-c2cnccn2)s1)N1CCOc2c(Br)cccc2C1. The first kappa shape index (κ1) is 16.2. The lowest BCUT2D eigenvalue weighted by Gasteiger charge is -2.18. The minimum Gasteiger partial charge on any atom is -0.490 e. The predicted octanol–water partition coefficient (Wildman–Crippen LogP) is 3.40. The Morgan fingerprint density at radius 1 is 1.24 bits per heavy atom. The molecule has 6 nitrogen and oxygen atoms in total. The molecule has 3 heterocycles. The Hall–Kier alpha value is -2.32. The highest BCUT2D eigenvalue weighted by Gasteiger charge is 2.24. The van der Waals surface area contributed by atoms with E-state index in [4.69, 9.17) is 4.74 Å². The van der Waals surface area contributed by atoms with Gasteiger partial charge in [0.25, 0.3) is 5.91 Å². The van der Waals surface area contributed by atoms with Gasteiger partial charge in [0.15, 0.2) is 0 Å². The molecule has 0 spiro atoms. The number of thiazole rings is 1. The normalized spacial score (nSPS) is 13.7. The quantitative estimate of drug-likeness (QED) is 0.640. The molecule has 1 aliphatic rings. The van der Waals surface area contributed by atoms with Gasteiger partial charge >= 0.3 is 0 Å². The molecule has 126 valence electrons. The average Bonchev–Trinajstić information content (AvgIpc) is 3.03. The fourth-order valence-corrected chi connectivity index (χ4v) is 3.98. The maximum absolute atomic E-state index is 12.9. The second kappa shape index (κ2) is 6.89. The van der Waals surface area contributed by atoms with E-state index in [-0.39, 0.29) is 5.91 Å². The number of aromatic nitrogens is 3. The van der Waals surface area contributed by atoms with Crippen LogP contribution in [0.5, 0.6) is 5.75 Å². The van der Waals surface area contributed by atoms with Crippen molar-refractivity contribution in [3.63, 3.8) is 0 Å². The van der Waals surface area contributed by atoms with Crippen LogP contribution in [0.15, 0.2) is 47.5 Å². The largest absolute Gasteiger partial charge is 0.490 e. The molecule has 1 aliphatic heterocycles.